The summed E-state index contributed by atoms with van der Waals surface area (Å²) in [6.45, 7) is 8.95. The van der Waals surface area contributed by atoms with Gasteiger partial charge in [-0.3, -0.25) is 19.4 Å². The number of carbonyl (C=O) groups is 2. The van der Waals surface area contributed by atoms with Gasteiger partial charge in [-0.05, 0) is 50.8 Å². The minimum atomic E-state index is -0.196. The highest BCUT2D eigenvalue weighted by atomic mass is 16.5. The molecular formula is C23H31N3O3. The van der Waals surface area contributed by atoms with Crippen LogP contribution in [0.15, 0.2) is 36.4 Å². The number of hydrogen-bond acceptors (Lipinski definition) is 5. The Morgan fingerprint density at radius 1 is 1.00 bits per heavy atom. The summed E-state index contributed by atoms with van der Waals surface area (Å²) in [6, 6.07) is 8.40. The predicted octanol–water partition coefficient (Wildman–Crippen LogP) is 2.84. The second-order valence-corrected chi connectivity index (χ2v) is 8.31. The van der Waals surface area contributed by atoms with Crippen molar-refractivity contribution in [3.63, 3.8) is 0 Å². The topological polar surface area (TPSA) is 53.1 Å². The molecule has 0 radical (unpaired) electrons. The van der Waals surface area contributed by atoms with E-state index in [1.54, 1.807) is 0 Å². The number of amides is 2. The first kappa shape index (κ1) is 20.0. The minimum Gasteiger partial charge on any atom is -0.488 e. The number of imide groups is 1. The second-order valence-electron chi connectivity index (χ2n) is 8.31. The molecule has 0 bridgehead atoms. The fourth-order valence-electron chi connectivity index (χ4n) is 4.55. The lowest BCUT2D eigenvalue weighted by atomic mass is 10.2. The summed E-state index contributed by atoms with van der Waals surface area (Å²) in [4.78, 5) is 30.0. The van der Waals surface area contributed by atoms with E-state index >= 15 is 0 Å². The standard InChI is InChI=1S/C23H31N3O3/c1-18-17-22(27)26(23(18)28)12-6-11-24-13-15-25(16-14-24)20-9-4-5-10-21(20)29-19-7-2-3-8-19/h4-5,9-10,19H,1-3,6-8,11-17H2. The molecule has 2 saturated heterocycles. The SMILES string of the molecule is C=C1CC(=O)N(CCCN2CCN(c3ccccc3OC3CCCC3)CC2)C1=O. The van der Waals surface area contributed by atoms with Gasteiger partial charge in [0.15, 0.2) is 0 Å². The van der Waals surface area contributed by atoms with Crippen molar-refractivity contribution in [2.24, 2.45) is 0 Å². The van der Waals surface area contributed by atoms with Crippen molar-refractivity contribution in [2.75, 3.05) is 44.2 Å². The van der Waals surface area contributed by atoms with Gasteiger partial charge >= 0.3 is 0 Å². The molecule has 0 spiro atoms. The zero-order valence-electron chi connectivity index (χ0n) is 17.1. The highest BCUT2D eigenvalue weighted by molar-refractivity contribution is 6.12. The van der Waals surface area contributed by atoms with E-state index in [2.05, 4.69) is 40.6 Å². The van der Waals surface area contributed by atoms with E-state index < -0.39 is 0 Å². The molecule has 4 rings (SSSR count). The molecule has 2 heterocycles. The number of likely N-dealkylation sites (tertiary alicyclic amines) is 1. The summed E-state index contributed by atoms with van der Waals surface area (Å²) in [6.07, 6.45) is 6.23. The Morgan fingerprint density at radius 3 is 2.41 bits per heavy atom. The van der Waals surface area contributed by atoms with Crippen LogP contribution in [0.5, 0.6) is 5.75 Å². The number of nitrogens with zero attached hydrogens (tertiary/aromatic N) is 3. The predicted molar refractivity (Wildman–Crippen MR) is 113 cm³/mol. The van der Waals surface area contributed by atoms with Crippen LogP contribution in [0.3, 0.4) is 0 Å². The van der Waals surface area contributed by atoms with Crippen LogP contribution in [-0.2, 0) is 9.59 Å². The van der Waals surface area contributed by atoms with Crippen molar-refractivity contribution in [3.05, 3.63) is 36.4 Å². The molecule has 0 aromatic heterocycles. The lowest BCUT2D eigenvalue weighted by Gasteiger charge is -2.37. The van der Waals surface area contributed by atoms with Crippen molar-refractivity contribution in [3.8, 4) is 5.75 Å². The molecule has 3 fully saturated rings. The number of rotatable bonds is 7. The zero-order chi connectivity index (χ0) is 20.2. The molecule has 2 aliphatic heterocycles. The van der Waals surface area contributed by atoms with Crippen LogP contribution in [0.25, 0.3) is 0 Å². The quantitative estimate of drug-likeness (QED) is 0.523. The third kappa shape index (κ3) is 4.64. The van der Waals surface area contributed by atoms with Crippen LogP contribution in [0.1, 0.15) is 38.5 Å². The Labute approximate surface area is 173 Å². The van der Waals surface area contributed by atoms with Crippen molar-refractivity contribution < 1.29 is 14.3 Å². The maximum atomic E-state index is 11.9. The average molecular weight is 398 g/mol. The summed E-state index contributed by atoms with van der Waals surface area (Å²) in [5.74, 6) is 0.710. The molecule has 156 valence electrons. The van der Waals surface area contributed by atoms with Gasteiger partial charge < -0.3 is 9.64 Å². The monoisotopic (exact) mass is 397 g/mol. The third-order valence-corrected chi connectivity index (χ3v) is 6.24. The van der Waals surface area contributed by atoms with Crippen LogP contribution in [-0.4, -0.2) is 67.0 Å². The Bertz CT molecular complexity index is 764. The second kappa shape index (κ2) is 8.99. The normalized spacial score (nSPS) is 21.4. The van der Waals surface area contributed by atoms with E-state index in [0.717, 1.165) is 57.7 Å². The van der Waals surface area contributed by atoms with E-state index in [4.69, 9.17) is 4.74 Å². The third-order valence-electron chi connectivity index (χ3n) is 6.24. The lowest BCUT2D eigenvalue weighted by molar-refractivity contribution is -0.137. The summed E-state index contributed by atoms with van der Waals surface area (Å²) in [5, 5.41) is 0. The summed E-state index contributed by atoms with van der Waals surface area (Å²) < 4.78 is 6.31. The number of anilines is 1. The van der Waals surface area contributed by atoms with E-state index in [9.17, 15) is 9.59 Å². The molecule has 3 aliphatic rings. The van der Waals surface area contributed by atoms with Gasteiger partial charge in [0.25, 0.3) is 5.91 Å². The van der Waals surface area contributed by atoms with Gasteiger partial charge in [0.2, 0.25) is 5.91 Å². The summed E-state index contributed by atoms with van der Waals surface area (Å²) in [7, 11) is 0. The van der Waals surface area contributed by atoms with Gasteiger partial charge in [0, 0.05) is 38.3 Å². The fourth-order valence-corrected chi connectivity index (χ4v) is 4.55. The van der Waals surface area contributed by atoms with Gasteiger partial charge in [0.05, 0.1) is 18.2 Å². The van der Waals surface area contributed by atoms with Crippen LogP contribution in [0.2, 0.25) is 0 Å². The first-order chi connectivity index (χ1) is 14.1. The largest absolute Gasteiger partial charge is 0.488 e. The van der Waals surface area contributed by atoms with Gasteiger partial charge in [-0.15, -0.1) is 0 Å². The van der Waals surface area contributed by atoms with Gasteiger partial charge in [0.1, 0.15) is 5.75 Å². The fraction of sp³-hybridized carbons (Fsp3) is 0.565. The van der Waals surface area contributed by atoms with E-state index in [0.29, 0.717) is 18.2 Å². The molecule has 0 atom stereocenters. The molecular weight excluding hydrogens is 366 g/mol. The Kier molecular flexibility index (Phi) is 6.19. The van der Waals surface area contributed by atoms with Crippen LogP contribution in [0, 0.1) is 0 Å². The molecule has 1 aliphatic carbocycles. The smallest absolute Gasteiger partial charge is 0.256 e. The highest BCUT2D eigenvalue weighted by Crippen LogP contribution is 2.32. The van der Waals surface area contributed by atoms with Crippen LogP contribution >= 0.6 is 0 Å². The summed E-state index contributed by atoms with van der Waals surface area (Å²) in [5.41, 5.74) is 1.62. The molecule has 6 heteroatoms. The van der Waals surface area contributed by atoms with E-state index in [1.165, 1.54) is 23.4 Å². The average Bonchev–Trinajstić information content (AvgIpc) is 3.32. The maximum absolute atomic E-state index is 11.9. The number of benzene rings is 1. The van der Waals surface area contributed by atoms with Gasteiger partial charge in [-0.1, -0.05) is 18.7 Å². The first-order valence-corrected chi connectivity index (χ1v) is 10.9. The molecule has 2 amide bonds. The molecule has 29 heavy (non-hydrogen) atoms. The molecule has 6 nitrogen and oxygen atoms in total. The van der Waals surface area contributed by atoms with Crippen LogP contribution in [0.4, 0.5) is 5.69 Å². The van der Waals surface area contributed by atoms with Gasteiger partial charge in [-0.2, -0.15) is 0 Å². The van der Waals surface area contributed by atoms with E-state index in [1.807, 2.05) is 0 Å². The summed E-state index contributed by atoms with van der Waals surface area (Å²) >= 11 is 0. The van der Waals surface area contributed by atoms with Crippen molar-refractivity contribution in [2.45, 2.75) is 44.6 Å². The number of ether oxygens (including phenoxy) is 1. The Hall–Kier alpha value is -2.34. The molecule has 1 saturated carbocycles. The van der Waals surface area contributed by atoms with Crippen molar-refractivity contribution in [1.82, 2.24) is 9.80 Å². The first-order valence-electron chi connectivity index (χ1n) is 10.9. The van der Waals surface area contributed by atoms with Gasteiger partial charge in [-0.25, -0.2) is 0 Å². The van der Waals surface area contributed by atoms with Crippen LogP contribution < -0.4 is 9.64 Å². The molecule has 0 N–H and O–H groups in total. The number of carbonyl (C=O) groups excluding carboxylic acids is 2. The van der Waals surface area contributed by atoms with Crippen molar-refractivity contribution >= 4 is 17.5 Å². The van der Waals surface area contributed by atoms with E-state index in [-0.39, 0.29) is 18.2 Å². The molecule has 1 aromatic carbocycles. The minimum absolute atomic E-state index is 0.108. The number of piperazine rings is 1. The maximum Gasteiger partial charge on any atom is 0.256 e. The molecule has 1 aromatic rings. The number of hydrogen-bond donors (Lipinski definition) is 0. The Balaban J connectivity index is 1.25. The molecule has 0 unspecified atom stereocenters. The zero-order valence-corrected chi connectivity index (χ0v) is 17.1. The number of para-hydroxylation sites is 2. The Morgan fingerprint density at radius 2 is 1.72 bits per heavy atom. The van der Waals surface area contributed by atoms with Crippen molar-refractivity contribution in [1.29, 1.82) is 0 Å². The highest BCUT2D eigenvalue weighted by Gasteiger charge is 2.32. The lowest BCUT2D eigenvalue weighted by Crippen LogP contribution is -2.47.